The van der Waals surface area contributed by atoms with Crippen molar-refractivity contribution >= 4 is 0 Å². The van der Waals surface area contributed by atoms with Crippen LogP contribution in [0.4, 0.5) is 0 Å². The van der Waals surface area contributed by atoms with Crippen molar-refractivity contribution in [2.45, 2.75) is 40.7 Å². The fourth-order valence-electron chi connectivity index (χ4n) is 1.42. The summed E-state index contributed by atoms with van der Waals surface area (Å²) in [5, 5.41) is 3.47. The largest absolute Gasteiger partial charge is 0.314 e. The molecule has 0 aliphatic heterocycles. The van der Waals surface area contributed by atoms with E-state index in [0.29, 0.717) is 6.04 Å². The van der Waals surface area contributed by atoms with Gasteiger partial charge in [0.1, 0.15) is 0 Å². The first-order valence-corrected chi connectivity index (χ1v) is 5.55. The average molecular weight is 186 g/mol. The van der Waals surface area contributed by atoms with Crippen LogP contribution in [0.15, 0.2) is 0 Å². The molecule has 1 atom stereocenters. The van der Waals surface area contributed by atoms with Crippen molar-refractivity contribution < 1.29 is 0 Å². The molecule has 0 aromatic heterocycles. The van der Waals surface area contributed by atoms with Crippen LogP contribution in [-0.2, 0) is 0 Å². The maximum Gasteiger partial charge on any atom is 0.00189 e. The summed E-state index contributed by atoms with van der Waals surface area (Å²) in [6.45, 7) is 15.9. The molecule has 0 fully saturated rings. The molecule has 1 unspecified atom stereocenters. The van der Waals surface area contributed by atoms with Crippen LogP contribution >= 0.6 is 0 Å². The summed E-state index contributed by atoms with van der Waals surface area (Å²) in [6, 6.07) is 0.610. The van der Waals surface area contributed by atoms with Gasteiger partial charge in [0.15, 0.2) is 0 Å². The highest BCUT2D eigenvalue weighted by Crippen LogP contribution is 1.98. The van der Waals surface area contributed by atoms with Gasteiger partial charge in [-0.1, -0.05) is 34.6 Å². The predicted molar refractivity (Wildman–Crippen MR) is 60.1 cm³/mol. The third-order valence-electron chi connectivity index (χ3n) is 2.34. The first kappa shape index (κ1) is 12.9. The quantitative estimate of drug-likeness (QED) is 0.654. The van der Waals surface area contributed by atoms with Crippen molar-refractivity contribution in [2.75, 3.05) is 26.2 Å². The van der Waals surface area contributed by atoms with Crippen LogP contribution < -0.4 is 5.32 Å². The van der Waals surface area contributed by atoms with Crippen LogP contribution in [0.3, 0.4) is 0 Å². The Morgan fingerprint density at radius 3 is 2.00 bits per heavy atom. The minimum atomic E-state index is 0.610. The highest BCUT2D eigenvalue weighted by atomic mass is 15.1. The molecular formula is C11H26N2. The van der Waals surface area contributed by atoms with Crippen LogP contribution in [0.1, 0.15) is 34.6 Å². The standard InChI is InChI=1S/C11H26N2/c1-6-13(7-2)9-11(5)8-12-10(3)4/h10-12H,6-9H2,1-5H3. The number of nitrogens with zero attached hydrogens (tertiary/aromatic N) is 1. The second-order valence-electron chi connectivity index (χ2n) is 4.15. The summed E-state index contributed by atoms with van der Waals surface area (Å²) in [5.74, 6) is 0.752. The zero-order chi connectivity index (χ0) is 10.3. The molecule has 80 valence electrons. The Kier molecular flexibility index (Phi) is 7.29. The number of nitrogens with one attached hydrogen (secondary N) is 1. The Labute approximate surface area is 83.7 Å². The summed E-state index contributed by atoms with van der Waals surface area (Å²) < 4.78 is 0. The van der Waals surface area contributed by atoms with E-state index in [1.807, 2.05) is 0 Å². The zero-order valence-corrected chi connectivity index (χ0v) is 9.93. The fraction of sp³-hybridized carbons (Fsp3) is 1.00. The lowest BCUT2D eigenvalue weighted by Crippen LogP contribution is -2.35. The molecule has 0 bridgehead atoms. The molecule has 0 radical (unpaired) electrons. The van der Waals surface area contributed by atoms with E-state index in [-0.39, 0.29) is 0 Å². The van der Waals surface area contributed by atoms with Gasteiger partial charge in [0.2, 0.25) is 0 Å². The van der Waals surface area contributed by atoms with Crippen LogP contribution in [0.25, 0.3) is 0 Å². The summed E-state index contributed by atoms with van der Waals surface area (Å²) in [7, 11) is 0. The maximum absolute atomic E-state index is 3.47. The lowest BCUT2D eigenvalue weighted by molar-refractivity contribution is 0.255. The van der Waals surface area contributed by atoms with E-state index in [1.165, 1.54) is 19.6 Å². The molecule has 0 aromatic rings. The third-order valence-corrected chi connectivity index (χ3v) is 2.34. The molecule has 13 heavy (non-hydrogen) atoms. The van der Waals surface area contributed by atoms with Crippen molar-refractivity contribution in [3.8, 4) is 0 Å². The molecule has 0 amide bonds. The van der Waals surface area contributed by atoms with Gasteiger partial charge in [-0.15, -0.1) is 0 Å². The Morgan fingerprint density at radius 1 is 1.08 bits per heavy atom. The first-order valence-electron chi connectivity index (χ1n) is 5.55. The van der Waals surface area contributed by atoms with Crippen molar-refractivity contribution in [2.24, 2.45) is 5.92 Å². The number of hydrogen-bond donors (Lipinski definition) is 1. The van der Waals surface area contributed by atoms with Crippen molar-refractivity contribution in [1.82, 2.24) is 10.2 Å². The van der Waals surface area contributed by atoms with E-state index in [9.17, 15) is 0 Å². The molecule has 1 N–H and O–H groups in total. The summed E-state index contributed by atoms with van der Waals surface area (Å²) in [6.07, 6.45) is 0. The van der Waals surface area contributed by atoms with Gasteiger partial charge in [-0.2, -0.15) is 0 Å². The van der Waals surface area contributed by atoms with Gasteiger partial charge in [0.25, 0.3) is 0 Å². The molecule has 2 heteroatoms. The topological polar surface area (TPSA) is 15.3 Å². The van der Waals surface area contributed by atoms with Crippen molar-refractivity contribution in [1.29, 1.82) is 0 Å². The smallest absolute Gasteiger partial charge is 0.00189 e. The molecule has 0 aliphatic rings. The summed E-state index contributed by atoms with van der Waals surface area (Å²) in [5.41, 5.74) is 0. The highest BCUT2D eigenvalue weighted by molar-refractivity contribution is 4.64. The summed E-state index contributed by atoms with van der Waals surface area (Å²) in [4.78, 5) is 2.48. The Morgan fingerprint density at radius 2 is 1.62 bits per heavy atom. The van der Waals surface area contributed by atoms with E-state index in [0.717, 1.165) is 12.5 Å². The van der Waals surface area contributed by atoms with E-state index in [2.05, 4.69) is 44.8 Å². The maximum atomic E-state index is 3.47. The molecule has 2 nitrogen and oxygen atoms in total. The fourth-order valence-corrected chi connectivity index (χ4v) is 1.42. The summed E-state index contributed by atoms with van der Waals surface area (Å²) >= 11 is 0. The lowest BCUT2D eigenvalue weighted by atomic mass is 10.1. The lowest BCUT2D eigenvalue weighted by Gasteiger charge is -2.23. The van der Waals surface area contributed by atoms with Crippen LogP contribution in [0, 0.1) is 5.92 Å². The Hall–Kier alpha value is -0.0800. The Bertz CT molecular complexity index is 109. The SMILES string of the molecule is CCN(CC)CC(C)CNC(C)C. The van der Waals surface area contributed by atoms with Crippen LogP contribution in [0.5, 0.6) is 0 Å². The molecule has 0 heterocycles. The van der Waals surface area contributed by atoms with Gasteiger partial charge >= 0.3 is 0 Å². The monoisotopic (exact) mass is 186 g/mol. The van der Waals surface area contributed by atoms with Gasteiger partial charge in [-0.05, 0) is 25.6 Å². The molecule has 0 aliphatic carbocycles. The van der Waals surface area contributed by atoms with Crippen LogP contribution in [-0.4, -0.2) is 37.1 Å². The van der Waals surface area contributed by atoms with Gasteiger partial charge in [-0.3, -0.25) is 0 Å². The van der Waals surface area contributed by atoms with Crippen LogP contribution in [0.2, 0.25) is 0 Å². The molecule has 0 aromatic carbocycles. The van der Waals surface area contributed by atoms with Gasteiger partial charge < -0.3 is 10.2 Å². The van der Waals surface area contributed by atoms with E-state index in [4.69, 9.17) is 0 Å². The highest BCUT2D eigenvalue weighted by Gasteiger charge is 2.06. The normalized spacial score (nSPS) is 14.1. The average Bonchev–Trinajstić information content (AvgIpc) is 2.10. The minimum Gasteiger partial charge on any atom is -0.314 e. The van der Waals surface area contributed by atoms with E-state index >= 15 is 0 Å². The number of rotatable bonds is 7. The minimum absolute atomic E-state index is 0.610. The second-order valence-corrected chi connectivity index (χ2v) is 4.15. The third kappa shape index (κ3) is 7.03. The first-order chi connectivity index (χ1) is 6.10. The van der Waals surface area contributed by atoms with Gasteiger partial charge in [-0.25, -0.2) is 0 Å². The molecule has 0 rings (SSSR count). The van der Waals surface area contributed by atoms with Crippen molar-refractivity contribution in [3.63, 3.8) is 0 Å². The number of hydrogen-bond acceptors (Lipinski definition) is 2. The Balaban J connectivity index is 3.53. The van der Waals surface area contributed by atoms with Gasteiger partial charge in [0, 0.05) is 12.6 Å². The molecular weight excluding hydrogens is 160 g/mol. The predicted octanol–water partition coefficient (Wildman–Crippen LogP) is 1.96. The van der Waals surface area contributed by atoms with Crippen molar-refractivity contribution in [3.05, 3.63) is 0 Å². The van der Waals surface area contributed by atoms with E-state index < -0.39 is 0 Å². The van der Waals surface area contributed by atoms with E-state index in [1.54, 1.807) is 0 Å². The van der Waals surface area contributed by atoms with Gasteiger partial charge in [0.05, 0.1) is 0 Å². The molecule has 0 saturated heterocycles. The second kappa shape index (κ2) is 7.34. The molecule has 0 spiro atoms. The zero-order valence-electron chi connectivity index (χ0n) is 9.93. The molecule has 0 saturated carbocycles.